The molecule has 2 aromatic rings. The van der Waals surface area contributed by atoms with Gasteiger partial charge >= 0.3 is 0 Å². The van der Waals surface area contributed by atoms with Gasteiger partial charge < -0.3 is 14.7 Å². The van der Waals surface area contributed by atoms with E-state index in [1.54, 1.807) is 24.3 Å². The van der Waals surface area contributed by atoms with Crippen molar-refractivity contribution in [2.45, 2.75) is 19.4 Å². The van der Waals surface area contributed by atoms with E-state index in [-0.39, 0.29) is 12.5 Å². The number of aryl methyl sites for hydroxylation is 1. The Morgan fingerprint density at radius 2 is 2.00 bits per heavy atom. The third-order valence-corrected chi connectivity index (χ3v) is 6.50. The number of piperidine rings is 2. The summed E-state index contributed by atoms with van der Waals surface area (Å²) in [6.45, 7) is 5.80. The number of carbonyl (C=O) groups is 1. The van der Waals surface area contributed by atoms with Gasteiger partial charge in [-0.05, 0) is 61.0 Å². The van der Waals surface area contributed by atoms with Crippen LogP contribution in [-0.4, -0.2) is 75.8 Å². The molecule has 2 fully saturated rings. The van der Waals surface area contributed by atoms with E-state index < -0.39 is 6.10 Å². The van der Waals surface area contributed by atoms with Gasteiger partial charge in [0.2, 0.25) is 0 Å². The van der Waals surface area contributed by atoms with Crippen molar-refractivity contribution in [1.29, 1.82) is 5.26 Å². The summed E-state index contributed by atoms with van der Waals surface area (Å²) < 4.78 is 9.54. The molecule has 4 rings (SSSR count). The maximum absolute atomic E-state index is 12.8. The zero-order chi connectivity index (χ0) is 21.1. The molecule has 1 amide bonds. The van der Waals surface area contributed by atoms with Crippen molar-refractivity contribution in [2.24, 2.45) is 11.8 Å². The highest BCUT2D eigenvalue weighted by molar-refractivity contribution is 7.07. The van der Waals surface area contributed by atoms with Crippen LogP contribution in [0.1, 0.15) is 27.3 Å². The van der Waals surface area contributed by atoms with E-state index >= 15 is 0 Å². The predicted octanol–water partition coefficient (Wildman–Crippen LogP) is 1.55. The van der Waals surface area contributed by atoms with Crippen molar-refractivity contribution in [3.63, 3.8) is 0 Å². The molecule has 158 valence electrons. The minimum absolute atomic E-state index is 0.0431. The molecule has 30 heavy (non-hydrogen) atoms. The number of aromatic nitrogens is 2. The number of aliphatic hydroxyl groups is 1. The Labute approximate surface area is 179 Å². The van der Waals surface area contributed by atoms with Crippen molar-refractivity contribution in [2.75, 3.05) is 39.3 Å². The number of aliphatic hydroxyl groups excluding tert-OH is 1. The van der Waals surface area contributed by atoms with E-state index in [9.17, 15) is 9.90 Å². The van der Waals surface area contributed by atoms with Crippen molar-refractivity contribution in [1.82, 2.24) is 19.4 Å². The van der Waals surface area contributed by atoms with Crippen molar-refractivity contribution < 1.29 is 14.6 Å². The highest BCUT2D eigenvalue weighted by Gasteiger charge is 2.37. The third-order valence-electron chi connectivity index (χ3n) is 5.68. The highest BCUT2D eigenvalue weighted by atomic mass is 32.1. The van der Waals surface area contributed by atoms with E-state index in [2.05, 4.69) is 20.6 Å². The average Bonchev–Trinajstić information content (AvgIpc) is 3.17. The van der Waals surface area contributed by atoms with E-state index in [4.69, 9.17) is 10.00 Å². The molecule has 2 aliphatic heterocycles. The number of nitriles is 1. The van der Waals surface area contributed by atoms with Crippen LogP contribution in [0.5, 0.6) is 5.75 Å². The first-order valence-electron chi connectivity index (χ1n) is 10.1. The van der Waals surface area contributed by atoms with Gasteiger partial charge in [-0.15, -0.1) is 5.10 Å². The fourth-order valence-corrected chi connectivity index (χ4v) is 5.07. The number of carbonyl (C=O) groups excluding carboxylic acids is 1. The predicted molar refractivity (Wildman–Crippen MR) is 111 cm³/mol. The number of β-amino-alcohol motifs (C(OH)–C–C–N with tert-alkyl or cyclic N) is 1. The molecule has 8 nitrogen and oxygen atoms in total. The number of rotatable bonds is 6. The molecule has 2 bridgehead atoms. The molecule has 2 aliphatic rings. The SMILES string of the molecule is Cc1nnsc1C(=O)N1CC2CC(CN(CC(O)COc3ccc(C#N)cc3)C2)C1. The number of likely N-dealkylation sites (tertiary alicyclic amines) is 2. The Morgan fingerprint density at radius 3 is 2.60 bits per heavy atom. The molecule has 3 atom stereocenters. The van der Waals surface area contributed by atoms with Gasteiger partial charge in [0.1, 0.15) is 23.3 Å². The molecule has 1 aromatic carbocycles. The van der Waals surface area contributed by atoms with Gasteiger partial charge in [0.25, 0.3) is 5.91 Å². The summed E-state index contributed by atoms with van der Waals surface area (Å²) >= 11 is 1.17. The zero-order valence-electron chi connectivity index (χ0n) is 16.9. The number of amides is 1. The Morgan fingerprint density at radius 1 is 1.30 bits per heavy atom. The maximum atomic E-state index is 12.8. The van der Waals surface area contributed by atoms with E-state index in [1.807, 2.05) is 11.8 Å². The summed E-state index contributed by atoms with van der Waals surface area (Å²) in [5, 5.41) is 23.2. The van der Waals surface area contributed by atoms with Crippen LogP contribution in [0.4, 0.5) is 0 Å². The van der Waals surface area contributed by atoms with Crippen LogP contribution in [0.25, 0.3) is 0 Å². The van der Waals surface area contributed by atoms with Gasteiger partial charge in [0, 0.05) is 32.7 Å². The molecule has 0 saturated carbocycles. The standard InChI is InChI=1S/C21H25N5O3S/c1-14-20(30-24-23-14)21(28)26-10-16-6-17(11-26)9-25(8-16)12-18(27)13-29-19-4-2-15(7-22)3-5-19/h2-5,16-18,27H,6,8-13H2,1H3. The smallest absolute Gasteiger partial charge is 0.267 e. The van der Waals surface area contributed by atoms with Crippen molar-refractivity contribution in [3.05, 3.63) is 40.4 Å². The monoisotopic (exact) mass is 427 g/mol. The lowest BCUT2D eigenvalue weighted by Gasteiger charge is -2.46. The molecule has 0 aliphatic carbocycles. The van der Waals surface area contributed by atoms with Gasteiger partial charge in [-0.25, -0.2) is 0 Å². The molecule has 1 aromatic heterocycles. The second-order valence-corrected chi connectivity index (χ2v) is 8.94. The highest BCUT2D eigenvalue weighted by Crippen LogP contribution is 2.30. The molecule has 1 N–H and O–H groups in total. The average molecular weight is 428 g/mol. The Balaban J connectivity index is 1.26. The summed E-state index contributed by atoms with van der Waals surface area (Å²) in [4.78, 5) is 17.7. The van der Waals surface area contributed by atoms with Crippen LogP contribution >= 0.6 is 11.5 Å². The van der Waals surface area contributed by atoms with Crippen LogP contribution in [0.3, 0.4) is 0 Å². The normalized spacial score (nSPS) is 22.4. The summed E-state index contributed by atoms with van der Waals surface area (Å²) in [6.07, 6.45) is 0.529. The van der Waals surface area contributed by atoms with Crippen LogP contribution in [0.2, 0.25) is 0 Å². The number of ether oxygens (including phenoxy) is 1. The first-order valence-corrected chi connectivity index (χ1v) is 10.9. The number of hydrogen-bond donors (Lipinski definition) is 1. The lowest BCUT2D eigenvalue weighted by atomic mass is 9.84. The van der Waals surface area contributed by atoms with Gasteiger partial charge in [0.05, 0.1) is 17.3 Å². The lowest BCUT2D eigenvalue weighted by Crippen LogP contribution is -2.55. The number of benzene rings is 1. The molecular weight excluding hydrogens is 402 g/mol. The molecule has 2 saturated heterocycles. The Hall–Kier alpha value is -2.54. The Bertz CT molecular complexity index is 911. The molecule has 0 radical (unpaired) electrons. The largest absolute Gasteiger partial charge is 0.491 e. The minimum Gasteiger partial charge on any atom is -0.491 e. The number of fused-ring (bicyclic) bond motifs is 2. The van der Waals surface area contributed by atoms with Gasteiger partial charge in [-0.1, -0.05) is 4.49 Å². The minimum atomic E-state index is -0.594. The van der Waals surface area contributed by atoms with Gasteiger partial charge in [-0.3, -0.25) is 9.69 Å². The zero-order valence-corrected chi connectivity index (χ0v) is 17.7. The topological polar surface area (TPSA) is 103 Å². The van der Waals surface area contributed by atoms with Gasteiger partial charge in [-0.2, -0.15) is 5.26 Å². The van der Waals surface area contributed by atoms with E-state index in [1.165, 1.54) is 11.5 Å². The summed E-state index contributed by atoms with van der Waals surface area (Å²) in [5.74, 6) is 1.51. The van der Waals surface area contributed by atoms with Crippen LogP contribution in [-0.2, 0) is 0 Å². The van der Waals surface area contributed by atoms with Crippen molar-refractivity contribution >= 4 is 17.4 Å². The molecule has 9 heteroatoms. The summed E-state index contributed by atoms with van der Waals surface area (Å²) in [5.41, 5.74) is 1.28. The summed E-state index contributed by atoms with van der Waals surface area (Å²) in [6, 6.07) is 8.95. The molecule has 0 spiro atoms. The number of nitrogens with zero attached hydrogens (tertiary/aromatic N) is 5. The van der Waals surface area contributed by atoms with Crippen molar-refractivity contribution in [3.8, 4) is 11.8 Å². The van der Waals surface area contributed by atoms with E-state index in [0.29, 0.717) is 40.3 Å². The second kappa shape index (κ2) is 9.08. The Kier molecular flexibility index (Phi) is 6.27. The number of hydrogen-bond acceptors (Lipinski definition) is 8. The molecular formula is C21H25N5O3S. The quantitative estimate of drug-likeness (QED) is 0.746. The third kappa shape index (κ3) is 4.78. The molecule has 3 unspecified atom stereocenters. The maximum Gasteiger partial charge on any atom is 0.267 e. The first-order chi connectivity index (χ1) is 14.5. The van der Waals surface area contributed by atoms with E-state index in [0.717, 1.165) is 32.6 Å². The summed E-state index contributed by atoms with van der Waals surface area (Å²) in [7, 11) is 0. The fourth-order valence-electron chi connectivity index (χ4n) is 4.44. The van der Waals surface area contributed by atoms with Gasteiger partial charge in [0.15, 0.2) is 0 Å². The fraction of sp³-hybridized carbons (Fsp3) is 0.524. The molecule has 3 heterocycles. The lowest BCUT2D eigenvalue weighted by molar-refractivity contribution is 0.00222. The van der Waals surface area contributed by atoms with Crippen LogP contribution in [0.15, 0.2) is 24.3 Å². The first kappa shape index (κ1) is 20.7. The second-order valence-electron chi connectivity index (χ2n) is 8.18. The van der Waals surface area contributed by atoms with Crippen LogP contribution in [0, 0.1) is 30.1 Å². The van der Waals surface area contributed by atoms with Crippen LogP contribution < -0.4 is 4.74 Å².